The minimum Gasteiger partial charge on any atom is -0.307 e. The maximum atomic E-state index is 4.36. The standard InChI is InChI=1S/C14H21N3/c1-15-13(14-16-10-7-11-17-14)12-8-5-3-2-4-6-9-12/h7-8,10-11,13,15H,2-6,9H2,1H3/b12-8+. The Kier molecular flexibility index (Phi) is 4.68. The zero-order valence-corrected chi connectivity index (χ0v) is 10.5. The van der Waals surface area contributed by atoms with E-state index in [1.165, 1.54) is 44.1 Å². The highest BCUT2D eigenvalue weighted by Crippen LogP contribution is 2.26. The molecule has 1 unspecified atom stereocenters. The van der Waals surface area contributed by atoms with Crippen LogP contribution < -0.4 is 5.32 Å². The van der Waals surface area contributed by atoms with Crippen LogP contribution in [0.2, 0.25) is 0 Å². The Balaban J connectivity index is 2.16. The van der Waals surface area contributed by atoms with Gasteiger partial charge in [-0.1, -0.05) is 18.9 Å². The van der Waals surface area contributed by atoms with Crippen molar-refractivity contribution >= 4 is 0 Å². The summed E-state index contributed by atoms with van der Waals surface area (Å²) in [5.41, 5.74) is 1.46. The van der Waals surface area contributed by atoms with E-state index in [1.54, 1.807) is 0 Å². The lowest BCUT2D eigenvalue weighted by atomic mass is 9.94. The first-order valence-electron chi connectivity index (χ1n) is 6.55. The Bertz CT molecular complexity index is 359. The number of nitrogens with one attached hydrogen (secondary N) is 1. The lowest BCUT2D eigenvalue weighted by Crippen LogP contribution is -2.21. The van der Waals surface area contributed by atoms with Crippen molar-refractivity contribution in [2.75, 3.05) is 7.05 Å². The van der Waals surface area contributed by atoms with Gasteiger partial charge in [-0.15, -0.1) is 0 Å². The van der Waals surface area contributed by atoms with Gasteiger partial charge in [0.1, 0.15) is 5.82 Å². The van der Waals surface area contributed by atoms with Crippen molar-refractivity contribution in [1.82, 2.24) is 15.3 Å². The number of likely N-dealkylation sites (N-methyl/N-ethyl adjacent to an activating group) is 1. The van der Waals surface area contributed by atoms with Crippen molar-refractivity contribution in [3.63, 3.8) is 0 Å². The van der Waals surface area contributed by atoms with Crippen LogP contribution in [-0.4, -0.2) is 17.0 Å². The van der Waals surface area contributed by atoms with E-state index in [1.807, 2.05) is 25.5 Å². The highest BCUT2D eigenvalue weighted by molar-refractivity contribution is 5.18. The van der Waals surface area contributed by atoms with Crippen molar-refractivity contribution in [3.05, 3.63) is 35.9 Å². The lowest BCUT2D eigenvalue weighted by molar-refractivity contribution is 0.558. The van der Waals surface area contributed by atoms with E-state index in [-0.39, 0.29) is 6.04 Å². The Hall–Kier alpha value is -1.22. The van der Waals surface area contributed by atoms with Gasteiger partial charge in [-0.05, 0) is 44.4 Å². The fraction of sp³-hybridized carbons (Fsp3) is 0.571. The summed E-state index contributed by atoms with van der Waals surface area (Å²) in [4.78, 5) is 8.73. The molecule has 1 aliphatic carbocycles. The van der Waals surface area contributed by atoms with Crippen LogP contribution in [0.1, 0.15) is 50.4 Å². The molecule has 0 aliphatic heterocycles. The monoisotopic (exact) mass is 231 g/mol. The number of hydrogen-bond acceptors (Lipinski definition) is 3. The van der Waals surface area contributed by atoms with Crippen LogP contribution in [0.5, 0.6) is 0 Å². The molecule has 1 aliphatic rings. The summed E-state index contributed by atoms with van der Waals surface area (Å²) in [6.07, 6.45) is 13.7. The Morgan fingerprint density at radius 1 is 1.12 bits per heavy atom. The molecule has 1 N–H and O–H groups in total. The first-order valence-corrected chi connectivity index (χ1v) is 6.55. The van der Waals surface area contributed by atoms with Crippen LogP contribution in [0.4, 0.5) is 0 Å². The summed E-state index contributed by atoms with van der Waals surface area (Å²) >= 11 is 0. The van der Waals surface area contributed by atoms with Gasteiger partial charge in [-0.2, -0.15) is 0 Å². The molecule has 1 atom stereocenters. The minimum absolute atomic E-state index is 0.189. The van der Waals surface area contributed by atoms with E-state index in [4.69, 9.17) is 0 Å². The molecular weight excluding hydrogens is 210 g/mol. The Morgan fingerprint density at radius 3 is 2.65 bits per heavy atom. The van der Waals surface area contributed by atoms with E-state index in [2.05, 4.69) is 21.4 Å². The number of nitrogens with zero attached hydrogens (tertiary/aromatic N) is 2. The summed E-state index contributed by atoms with van der Waals surface area (Å²) in [6, 6.07) is 2.05. The molecule has 1 heterocycles. The number of rotatable bonds is 3. The maximum Gasteiger partial charge on any atom is 0.149 e. The van der Waals surface area contributed by atoms with Gasteiger partial charge in [-0.3, -0.25) is 0 Å². The second kappa shape index (κ2) is 6.50. The lowest BCUT2D eigenvalue weighted by Gasteiger charge is -2.20. The molecule has 17 heavy (non-hydrogen) atoms. The van der Waals surface area contributed by atoms with Gasteiger partial charge in [0.05, 0.1) is 6.04 Å². The van der Waals surface area contributed by atoms with Crippen LogP contribution in [0.3, 0.4) is 0 Å². The van der Waals surface area contributed by atoms with Gasteiger partial charge in [0.15, 0.2) is 0 Å². The predicted molar refractivity (Wildman–Crippen MR) is 69.6 cm³/mol. The predicted octanol–water partition coefficient (Wildman–Crippen LogP) is 3.02. The summed E-state index contributed by atoms with van der Waals surface area (Å²) in [5, 5.41) is 3.34. The van der Waals surface area contributed by atoms with E-state index >= 15 is 0 Å². The first-order chi connectivity index (χ1) is 8.42. The summed E-state index contributed by atoms with van der Waals surface area (Å²) in [5.74, 6) is 0.891. The molecule has 1 aromatic heterocycles. The van der Waals surface area contributed by atoms with Crippen molar-refractivity contribution in [3.8, 4) is 0 Å². The molecule has 0 aromatic carbocycles. The molecule has 3 nitrogen and oxygen atoms in total. The van der Waals surface area contributed by atoms with Gasteiger partial charge in [0.25, 0.3) is 0 Å². The van der Waals surface area contributed by atoms with Gasteiger partial charge in [-0.25, -0.2) is 9.97 Å². The van der Waals surface area contributed by atoms with Crippen molar-refractivity contribution in [1.29, 1.82) is 0 Å². The smallest absolute Gasteiger partial charge is 0.149 e. The van der Waals surface area contributed by atoms with Crippen LogP contribution in [0.25, 0.3) is 0 Å². The molecule has 1 aromatic rings. The quantitative estimate of drug-likeness (QED) is 0.813. The van der Waals surface area contributed by atoms with E-state index in [9.17, 15) is 0 Å². The highest BCUT2D eigenvalue weighted by Gasteiger charge is 2.17. The third-order valence-corrected chi connectivity index (χ3v) is 3.33. The molecule has 0 amide bonds. The molecule has 0 radical (unpaired) electrons. The van der Waals surface area contributed by atoms with Crippen molar-refractivity contribution in [2.24, 2.45) is 0 Å². The second-order valence-electron chi connectivity index (χ2n) is 4.56. The fourth-order valence-corrected chi connectivity index (χ4v) is 2.42. The molecular formula is C14H21N3. The molecule has 3 heteroatoms. The normalized spacial score (nSPS) is 22.1. The average Bonchev–Trinajstić information content (AvgIpc) is 2.34. The highest BCUT2D eigenvalue weighted by atomic mass is 15.0. The van der Waals surface area contributed by atoms with Crippen LogP contribution in [-0.2, 0) is 0 Å². The Labute approximate surface area is 103 Å². The zero-order chi connectivity index (χ0) is 11.9. The van der Waals surface area contributed by atoms with E-state index < -0.39 is 0 Å². The number of hydrogen-bond donors (Lipinski definition) is 1. The Morgan fingerprint density at radius 2 is 1.88 bits per heavy atom. The molecule has 0 saturated carbocycles. The number of allylic oxidation sites excluding steroid dienone is 1. The molecule has 0 fully saturated rings. The minimum atomic E-state index is 0.189. The van der Waals surface area contributed by atoms with Gasteiger partial charge >= 0.3 is 0 Å². The summed E-state index contributed by atoms with van der Waals surface area (Å²) in [7, 11) is 1.99. The van der Waals surface area contributed by atoms with Gasteiger partial charge < -0.3 is 5.32 Å². The van der Waals surface area contributed by atoms with Gasteiger partial charge in [0, 0.05) is 12.4 Å². The topological polar surface area (TPSA) is 37.8 Å². The van der Waals surface area contributed by atoms with Crippen LogP contribution in [0.15, 0.2) is 30.1 Å². The third kappa shape index (κ3) is 3.37. The zero-order valence-electron chi connectivity index (χ0n) is 10.5. The second-order valence-corrected chi connectivity index (χ2v) is 4.56. The molecule has 0 bridgehead atoms. The summed E-state index contributed by atoms with van der Waals surface area (Å²) < 4.78 is 0. The third-order valence-electron chi connectivity index (χ3n) is 3.33. The molecule has 92 valence electrons. The van der Waals surface area contributed by atoms with Gasteiger partial charge in [0.2, 0.25) is 0 Å². The average molecular weight is 231 g/mol. The fourth-order valence-electron chi connectivity index (χ4n) is 2.42. The maximum absolute atomic E-state index is 4.36. The number of aromatic nitrogens is 2. The van der Waals surface area contributed by atoms with Crippen LogP contribution >= 0.6 is 0 Å². The van der Waals surface area contributed by atoms with Crippen molar-refractivity contribution < 1.29 is 0 Å². The van der Waals surface area contributed by atoms with E-state index in [0.29, 0.717) is 0 Å². The van der Waals surface area contributed by atoms with Crippen molar-refractivity contribution in [2.45, 2.75) is 44.6 Å². The summed E-state index contributed by atoms with van der Waals surface area (Å²) in [6.45, 7) is 0. The molecule has 2 rings (SSSR count). The molecule has 0 spiro atoms. The van der Waals surface area contributed by atoms with Crippen LogP contribution in [0, 0.1) is 0 Å². The first kappa shape index (κ1) is 12.2. The molecule has 0 saturated heterocycles. The van der Waals surface area contributed by atoms with E-state index in [0.717, 1.165) is 5.82 Å². The largest absolute Gasteiger partial charge is 0.307 e. The SMILES string of the molecule is CNC(/C1=C/CCCCCC1)c1ncccn1.